The molecule has 1 fully saturated rings. The summed E-state index contributed by atoms with van der Waals surface area (Å²) in [7, 11) is 0. The summed E-state index contributed by atoms with van der Waals surface area (Å²) < 4.78 is 21.8. The number of aromatic amines is 1. The molecule has 162 valence electrons. The number of anilines is 2. The fraction of sp³-hybridized carbons (Fsp3) is 0.286. The van der Waals surface area contributed by atoms with E-state index in [1.807, 2.05) is 0 Å². The van der Waals surface area contributed by atoms with Gasteiger partial charge in [0.2, 0.25) is 5.88 Å². The van der Waals surface area contributed by atoms with E-state index in [1.165, 1.54) is 12.3 Å². The Bertz CT molecular complexity index is 1330. The number of hydrogen-bond acceptors (Lipinski definition) is 7. The lowest BCUT2D eigenvalue weighted by atomic mass is 10.1. The van der Waals surface area contributed by atoms with E-state index in [0.29, 0.717) is 40.8 Å². The van der Waals surface area contributed by atoms with Gasteiger partial charge in [0.1, 0.15) is 18.2 Å². The Hall–Kier alpha value is -4.02. The Morgan fingerprint density at radius 1 is 1.19 bits per heavy atom. The van der Waals surface area contributed by atoms with E-state index in [0.717, 1.165) is 31.0 Å². The van der Waals surface area contributed by atoms with Crippen LogP contribution in [0.1, 0.15) is 34.8 Å². The Balaban J connectivity index is 1.52. The molecule has 4 aromatic heterocycles. The number of halogens is 1. The molecule has 0 radical (unpaired) electrons. The van der Waals surface area contributed by atoms with Crippen molar-refractivity contribution >= 4 is 28.6 Å². The lowest BCUT2D eigenvalue weighted by Crippen LogP contribution is -2.24. The molecule has 1 amide bonds. The van der Waals surface area contributed by atoms with Crippen LogP contribution in [-0.2, 0) is 6.54 Å². The molecular weight excluding hydrogens is 415 g/mol. The highest BCUT2D eigenvalue weighted by molar-refractivity contribution is 6.06. The van der Waals surface area contributed by atoms with Gasteiger partial charge in [0.05, 0.1) is 35.9 Å². The van der Waals surface area contributed by atoms with E-state index >= 15 is 0 Å². The maximum atomic E-state index is 14.2. The smallest absolute Gasteiger partial charge is 0.258 e. The topological polar surface area (TPSA) is 114 Å². The minimum atomic E-state index is -0.419. The number of rotatable bonds is 0. The van der Waals surface area contributed by atoms with Gasteiger partial charge in [-0.1, -0.05) is 0 Å². The number of fused-ring (bicyclic) bond motifs is 6. The van der Waals surface area contributed by atoms with Crippen LogP contribution in [0.5, 0.6) is 5.88 Å². The summed E-state index contributed by atoms with van der Waals surface area (Å²) in [6.07, 6.45) is 5.97. The number of nitrogens with zero attached hydrogens (tertiary/aromatic N) is 6. The van der Waals surface area contributed by atoms with Crippen LogP contribution in [0.25, 0.3) is 11.0 Å². The number of ether oxygens (including phenoxy) is 1. The van der Waals surface area contributed by atoms with Gasteiger partial charge >= 0.3 is 0 Å². The second-order valence-electron chi connectivity index (χ2n) is 7.81. The zero-order valence-corrected chi connectivity index (χ0v) is 17.0. The molecule has 2 N–H and O–H groups in total. The number of pyridine rings is 2. The summed E-state index contributed by atoms with van der Waals surface area (Å²) in [5.74, 6) is 0.870. The van der Waals surface area contributed by atoms with Crippen LogP contribution in [-0.4, -0.2) is 49.0 Å². The standard InChI is InChI=1S/C21H19FN8O2/c22-13-9-14-16-2-1-5-29(16)19-15-8-12(10-23-18(15)27-28-19)20(31)26-17-3-4-25-30(17)6-7-32-21(14)24-11-13/h3-4,8-11,16H,1-2,5-7H2,(H,26,31)(H,23,27,28)/t16-/m1/s1. The average Bonchev–Trinajstić information content (AvgIpc) is 3.53. The predicted octanol–water partition coefficient (Wildman–Crippen LogP) is 2.67. The summed E-state index contributed by atoms with van der Waals surface area (Å²) in [5, 5.41) is 15.3. The van der Waals surface area contributed by atoms with Crippen LogP contribution in [0, 0.1) is 5.82 Å². The molecule has 32 heavy (non-hydrogen) atoms. The van der Waals surface area contributed by atoms with Crippen molar-refractivity contribution in [2.24, 2.45) is 0 Å². The van der Waals surface area contributed by atoms with Gasteiger partial charge in [0.15, 0.2) is 11.5 Å². The number of carbonyl (C=O) groups is 1. The van der Waals surface area contributed by atoms with E-state index in [2.05, 4.69) is 35.5 Å². The van der Waals surface area contributed by atoms with Gasteiger partial charge in [-0.2, -0.15) is 10.2 Å². The van der Waals surface area contributed by atoms with Gasteiger partial charge in [0, 0.05) is 24.4 Å². The third-order valence-corrected chi connectivity index (χ3v) is 5.89. The third kappa shape index (κ3) is 3.04. The van der Waals surface area contributed by atoms with Gasteiger partial charge in [0.25, 0.3) is 5.91 Å². The van der Waals surface area contributed by atoms with Crippen LogP contribution in [0.2, 0.25) is 0 Å². The van der Waals surface area contributed by atoms with Crippen LogP contribution in [0.3, 0.4) is 0 Å². The van der Waals surface area contributed by atoms with E-state index < -0.39 is 5.82 Å². The highest BCUT2D eigenvalue weighted by Gasteiger charge is 2.32. The molecule has 1 atom stereocenters. The Kier molecular flexibility index (Phi) is 4.27. The highest BCUT2D eigenvalue weighted by atomic mass is 19.1. The molecule has 2 bridgehead atoms. The van der Waals surface area contributed by atoms with Crippen molar-refractivity contribution in [3.05, 3.63) is 53.7 Å². The molecule has 2 aliphatic rings. The fourth-order valence-corrected chi connectivity index (χ4v) is 4.41. The molecular formula is C21H19FN8O2. The van der Waals surface area contributed by atoms with Crippen LogP contribution in [0.4, 0.5) is 16.0 Å². The summed E-state index contributed by atoms with van der Waals surface area (Å²) >= 11 is 0. The number of amides is 1. The van der Waals surface area contributed by atoms with Crippen LogP contribution < -0.4 is 15.0 Å². The Labute approximate surface area is 181 Å². The largest absolute Gasteiger partial charge is 0.475 e. The minimum Gasteiger partial charge on any atom is -0.475 e. The molecule has 0 aliphatic carbocycles. The first-order valence-corrected chi connectivity index (χ1v) is 10.4. The van der Waals surface area contributed by atoms with Crippen molar-refractivity contribution in [1.82, 2.24) is 29.9 Å². The van der Waals surface area contributed by atoms with Crippen molar-refractivity contribution in [1.29, 1.82) is 0 Å². The quantitative estimate of drug-likeness (QED) is 0.437. The Morgan fingerprint density at radius 2 is 2.12 bits per heavy atom. The van der Waals surface area contributed by atoms with Crippen molar-refractivity contribution in [3.63, 3.8) is 0 Å². The SMILES string of the molecule is O=C1Nc2ccnn2CCOc2ncc(F)cc2[C@H]2CCCN2c2n[nH]c3ncc1cc23. The molecule has 1 saturated heterocycles. The van der Waals surface area contributed by atoms with Crippen molar-refractivity contribution in [3.8, 4) is 5.88 Å². The molecule has 0 saturated carbocycles. The number of H-pyrrole nitrogens is 1. The summed E-state index contributed by atoms with van der Waals surface area (Å²) in [6.45, 7) is 1.37. The van der Waals surface area contributed by atoms with Gasteiger partial charge < -0.3 is 15.0 Å². The van der Waals surface area contributed by atoms with Crippen LogP contribution >= 0.6 is 0 Å². The Morgan fingerprint density at radius 3 is 3.06 bits per heavy atom. The second kappa shape index (κ2) is 7.29. The first-order chi connectivity index (χ1) is 15.7. The zero-order chi connectivity index (χ0) is 21.7. The average molecular weight is 434 g/mol. The van der Waals surface area contributed by atoms with Crippen LogP contribution in [0.15, 0.2) is 36.8 Å². The molecule has 11 heteroatoms. The van der Waals surface area contributed by atoms with Gasteiger partial charge in [-0.3, -0.25) is 9.89 Å². The molecule has 6 heterocycles. The molecule has 0 spiro atoms. The first kappa shape index (κ1) is 18.7. The summed E-state index contributed by atoms with van der Waals surface area (Å²) in [6, 6.07) is 4.80. The lowest BCUT2D eigenvalue weighted by molar-refractivity contribution is 0.102. The second-order valence-corrected chi connectivity index (χ2v) is 7.81. The molecule has 10 nitrogen and oxygen atoms in total. The van der Waals surface area contributed by atoms with Crippen molar-refractivity contribution in [2.45, 2.75) is 25.4 Å². The van der Waals surface area contributed by atoms with E-state index in [9.17, 15) is 9.18 Å². The number of aromatic nitrogens is 6. The summed E-state index contributed by atoms with van der Waals surface area (Å²) in [4.78, 5) is 23.6. The summed E-state index contributed by atoms with van der Waals surface area (Å²) in [5.41, 5.74) is 1.65. The van der Waals surface area contributed by atoms with E-state index in [4.69, 9.17) is 4.74 Å². The van der Waals surface area contributed by atoms with Gasteiger partial charge in [-0.05, 0) is 25.0 Å². The predicted molar refractivity (Wildman–Crippen MR) is 113 cm³/mol. The van der Waals surface area contributed by atoms with Crippen molar-refractivity contribution in [2.75, 3.05) is 23.4 Å². The van der Waals surface area contributed by atoms with Gasteiger partial charge in [-0.15, -0.1) is 0 Å². The maximum Gasteiger partial charge on any atom is 0.258 e. The molecule has 6 rings (SSSR count). The number of nitrogens with one attached hydrogen (secondary N) is 2. The normalized spacial score (nSPS) is 18.3. The van der Waals surface area contributed by atoms with E-state index in [1.54, 1.807) is 23.0 Å². The number of carbonyl (C=O) groups excluding carboxylic acids is 1. The number of hydrogen-bond donors (Lipinski definition) is 2. The monoisotopic (exact) mass is 434 g/mol. The maximum absolute atomic E-state index is 14.2. The molecule has 2 aliphatic heterocycles. The van der Waals surface area contributed by atoms with Gasteiger partial charge in [-0.25, -0.2) is 19.0 Å². The fourth-order valence-electron chi connectivity index (χ4n) is 4.41. The van der Waals surface area contributed by atoms with Crippen molar-refractivity contribution < 1.29 is 13.9 Å². The third-order valence-electron chi connectivity index (χ3n) is 5.89. The first-order valence-electron chi connectivity index (χ1n) is 10.4. The molecule has 0 unspecified atom stereocenters. The molecule has 0 aromatic carbocycles. The highest BCUT2D eigenvalue weighted by Crippen LogP contribution is 2.41. The molecule has 4 aromatic rings. The lowest BCUT2D eigenvalue weighted by Gasteiger charge is -2.26. The van der Waals surface area contributed by atoms with E-state index in [-0.39, 0.29) is 18.6 Å². The zero-order valence-electron chi connectivity index (χ0n) is 17.0. The minimum absolute atomic E-state index is 0.164.